The highest BCUT2D eigenvalue weighted by Crippen LogP contribution is 2.05. The number of carbonyl (C=O) groups excluding carboxylic acids is 1. The van der Waals surface area contributed by atoms with Gasteiger partial charge in [-0.05, 0) is 12.1 Å². The molecule has 0 atom stereocenters. The Balaban J connectivity index is 2.44. The molecule has 19 heavy (non-hydrogen) atoms. The van der Waals surface area contributed by atoms with Crippen molar-refractivity contribution in [3.8, 4) is 17.8 Å². The number of carbonyl (C=O) groups is 1. The summed E-state index contributed by atoms with van der Waals surface area (Å²) in [4.78, 5) is 25.6. The molecule has 92 valence electrons. The molecular formula is C12H7N5O2. The summed E-state index contributed by atoms with van der Waals surface area (Å²) in [5, 5.41) is 21.1. The fraction of sp³-hybridized carbons (Fsp3) is 0.0833. The molecule has 0 spiro atoms. The zero-order chi connectivity index (χ0) is 13.8. The molecule has 2 aromatic rings. The van der Waals surface area contributed by atoms with E-state index in [4.69, 9.17) is 10.5 Å². The van der Waals surface area contributed by atoms with Gasteiger partial charge in [0.2, 0.25) is 11.6 Å². The quantitative estimate of drug-likeness (QED) is 0.795. The molecule has 0 amide bonds. The van der Waals surface area contributed by atoms with Gasteiger partial charge in [-0.25, -0.2) is 4.79 Å². The number of nitrogens with zero attached hydrogens (tertiary/aromatic N) is 4. The van der Waals surface area contributed by atoms with Crippen LogP contribution in [0.3, 0.4) is 0 Å². The molecular weight excluding hydrogens is 246 g/mol. The van der Waals surface area contributed by atoms with E-state index in [0.717, 1.165) is 4.68 Å². The van der Waals surface area contributed by atoms with Crippen LogP contribution in [0.4, 0.5) is 0 Å². The van der Waals surface area contributed by atoms with Gasteiger partial charge in [0.25, 0.3) is 0 Å². The second kappa shape index (κ2) is 4.98. The van der Waals surface area contributed by atoms with Crippen molar-refractivity contribution in [3.63, 3.8) is 0 Å². The Morgan fingerprint density at radius 3 is 2.47 bits per heavy atom. The first kappa shape index (κ1) is 12.3. The lowest BCUT2D eigenvalue weighted by Crippen LogP contribution is -2.15. The van der Waals surface area contributed by atoms with Crippen LogP contribution in [0.25, 0.3) is 5.69 Å². The maximum Gasteiger partial charge on any atom is 0.348 e. The number of nitrogens with one attached hydrogen (secondary N) is 1. The number of rotatable bonds is 3. The smallest absolute Gasteiger partial charge is 0.288 e. The normalized spacial score (nSPS) is 9.84. The fourth-order valence-corrected chi connectivity index (χ4v) is 1.46. The summed E-state index contributed by atoms with van der Waals surface area (Å²) in [6, 6.07) is 11.6. The number of benzene rings is 1. The van der Waals surface area contributed by atoms with Crippen LogP contribution >= 0.6 is 0 Å². The molecule has 0 saturated heterocycles. The van der Waals surface area contributed by atoms with Gasteiger partial charge in [-0.1, -0.05) is 18.2 Å². The summed E-state index contributed by atoms with van der Waals surface area (Å²) in [7, 11) is 0. The van der Waals surface area contributed by atoms with Gasteiger partial charge in [-0.3, -0.25) is 9.78 Å². The number of aromatic amines is 1. The lowest BCUT2D eigenvalue weighted by atomic mass is 10.1. The molecule has 0 bridgehead atoms. The summed E-state index contributed by atoms with van der Waals surface area (Å²) < 4.78 is 0.999. The van der Waals surface area contributed by atoms with Crippen molar-refractivity contribution in [2.75, 3.05) is 0 Å². The molecule has 1 aromatic heterocycles. The Hall–Kier alpha value is -3.19. The molecule has 0 radical (unpaired) electrons. The number of H-pyrrole nitrogens is 1. The van der Waals surface area contributed by atoms with E-state index >= 15 is 0 Å². The zero-order valence-electron chi connectivity index (χ0n) is 9.57. The summed E-state index contributed by atoms with van der Waals surface area (Å²) in [6.45, 7) is 0. The average molecular weight is 253 g/mol. The third kappa shape index (κ3) is 2.26. The van der Waals surface area contributed by atoms with Crippen LogP contribution in [0.2, 0.25) is 0 Å². The number of Topliss-reactive ketones (excluding diaryl/α,β-unsaturated/α-hetero) is 1. The standard InChI is InChI=1S/C12H7N5O2/c13-6-8(7-14)10(18)11-15-12(19)17(16-11)9-4-2-1-3-5-9/h1-5,8H,(H,15,16,19). The second-order valence-electron chi connectivity index (χ2n) is 3.58. The summed E-state index contributed by atoms with van der Waals surface area (Å²) in [6.07, 6.45) is 0. The number of aromatic nitrogens is 3. The van der Waals surface area contributed by atoms with E-state index in [9.17, 15) is 9.59 Å². The number of para-hydroxylation sites is 1. The number of hydrogen-bond acceptors (Lipinski definition) is 5. The molecule has 1 heterocycles. The Bertz CT molecular complexity index is 731. The van der Waals surface area contributed by atoms with Crippen molar-refractivity contribution in [3.05, 3.63) is 46.6 Å². The minimum absolute atomic E-state index is 0.304. The van der Waals surface area contributed by atoms with Crippen molar-refractivity contribution >= 4 is 5.78 Å². The van der Waals surface area contributed by atoms with E-state index in [1.807, 2.05) is 0 Å². The van der Waals surface area contributed by atoms with Gasteiger partial charge in [-0.2, -0.15) is 15.2 Å². The van der Waals surface area contributed by atoms with Gasteiger partial charge < -0.3 is 0 Å². The maximum atomic E-state index is 11.7. The first-order valence-corrected chi connectivity index (χ1v) is 5.25. The highest BCUT2D eigenvalue weighted by molar-refractivity contribution is 5.97. The van der Waals surface area contributed by atoms with Crippen LogP contribution in [-0.2, 0) is 0 Å². The minimum Gasteiger partial charge on any atom is -0.288 e. The largest absolute Gasteiger partial charge is 0.348 e. The van der Waals surface area contributed by atoms with Crippen molar-refractivity contribution in [2.45, 2.75) is 0 Å². The van der Waals surface area contributed by atoms with Crippen molar-refractivity contribution in [1.29, 1.82) is 10.5 Å². The zero-order valence-corrected chi connectivity index (χ0v) is 9.57. The third-order valence-electron chi connectivity index (χ3n) is 2.37. The van der Waals surface area contributed by atoms with E-state index in [1.165, 1.54) is 12.1 Å². The monoisotopic (exact) mass is 253 g/mol. The minimum atomic E-state index is -1.48. The predicted molar refractivity (Wildman–Crippen MR) is 63.2 cm³/mol. The van der Waals surface area contributed by atoms with E-state index in [2.05, 4.69) is 10.1 Å². The van der Waals surface area contributed by atoms with Crippen molar-refractivity contribution < 1.29 is 4.79 Å². The molecule has 2 rings (SSSR count). The summed E-state index contributed by atoms with van der Waals surface area (Å²) in [5.41, 5.74) is -0.127. The number of nitriles is 2. The van der Waals surface area contributed by atoms with E-state index in [1.54, 1.807) is 30.3 Å². The van der Waals surface area contributed by atoms with Gasteiger partial charge in [-0.15, -0.1) is 5.10 Å². The highest BCUT2D eigenvalue weighted by atomic mass is 16.2. The molecule has 0 unspecified atom stereocenters. The molecule has 1 N–H and O–H groups in total. The summed E-state index contributed by atoms with van der Waals surface area (Å²) in [5.74, 6) is -2.60. The molecule has 7 nitrogen and oxygen atoms in total. The molecule has 0 aliphatic carbocycles. The summed E-state index contributed by atoms with van der Waals surface area (Å²) >= 11 is 0. The molecule has 0 fully saturated rings. The maximum absolute atomic E-state index is 11.7. The lowest BCUT2D eigenvalue weighted by Gasteiger charge is -1.97. The van der Waals surface area contributed by atoms with Crippen LogP contribution in [0.5, 0.6) is 0 Å². The first-order chi connectivity index (χ1) is 9.17. The Morgan fingerprint density at radius 1 is 1.26 bits per heavy atom. The Kier molecular flexibility index (Phi) is 3.22. The van der Waals surface area contributed by atoms with E-state index < -0.39 is 17.4 Å². The van der Waals surface area contributed by atoms with Gasteiger partial charge >= 0.3 is 5.69 Å². The van der Waals surface area contributed by atoms with Gasteiger partial charge in [0.15, 0.2) is 5.92 Å². The number of hydrogen-bond donors (Lipinski definition) is 1. The van der Waals surface area contributed by atoms with Gasteiger partial charge in [0.1, 0.15) is 0 Å². The van der Waals surface area contributed by atoms with Gasteiger partial charge in [0, 0.05) is 0 Å². The van der Waals surface area contributed by atoms with Crippen LogP contribution in [-0.4, -0.2) is 20.5 Å². The van der Waals surface area contributed by atoms with Crippen molar-refractivity contribution in [2.24, 2.45) is 5.92 Å². The van der Waals surface area contributed by atoms with E-state index in [0.29, 0.717) is 5.69 Å². The Labute approximate surface area is 107 Å². The first-order valence-electron chi connectivity index (χ1n) is 5.25. The second-order valence-corrected chi connectivity index (χ2v) is 3.58. The molecule has 1 aromatic carbocycles. The van der Waals surface area contributed by atoms with E-state index in [-0.39, 0.29) is 5.82 Å². The number of ketones is 1. The fourth-order valence-electron chi connectivity index (χ4n) is 1.46. The van der Waals surface area contributed by atoms with Crippen LogP contribution in [0, 0.1) is 28.6 Å². The van der Waals surface area contributed by atoms with Crippen LogP contribution in [0.1, 0.15) is 10.6 Å². The van der Waals surface area contributed by atoms with Gasteiger partial charge in [0.05, 0.1) is 17.8 Å². The predicted octanol–water partition coefficient (Wildman–Crippen LogP) is 0.407. The van der Waals surface area contributed by atoms with Crippen molar-refractivity contribution in [1.82, 2.24) is 14.8 Å². The molecule has 7 heteroatoms. The molecule has 0 aliphatic heterocycles. The Morgan fingerprint density at radius 2 is 1.89 bits per heavy atom. The van der Waals surface area contributed by atoms with Crippen LogP contribution < -0.4 is 5.69 Å². The molecule has 0 saturated carbocycles. The topological polar surface area (TPSA) is 115 Å². The average Bonchev–Trinajstić information content (AvgIpc) is 2.83. The highest BCUT2D eigenvalue weighted by Gasteiger charge is 2.23. The van der Waals surface area contributed by atoms with Crippen LogP contribution in [0.15, 0.2) is 35.1 Å². The third-order valence-corrected chi connectivity index (χ3v) is 2.37. The molecule has 0 aliphatic rings. The SMILES string of the molecule is N#CC(C#N)C(=O)c1nn(-c2ccccc2)c(=O)[nH]1. The lowest BCUT2D eigenvalue weighted by molar-refractivity contribution is 0.0960.